The number of nitrogens with zero attached hydrogens (tertiary/aromatic N) is 2. The number of ether oxygens (including phenoxy) is 2. The first-order chi connectivity index (χ1) is 13.0. The SMILES string of the molecule is COC(=O)CCC(=O)N1CC[C@](O)(c2ccccc2)[C@H](N2CCOCC2)C1. The fourth-order valence-corrected chi connectivity index (χ4v) is 3.99. The van der Waals surface area contributed by atoms with Crippen molar-refractivity contribution in [1.29, 1.82) is 0 Å². The van der Waals surface area contributed by atoms with E-state index in [1.165, 1.54) is 7.11 Å². The smallest absolute Gasteiger partial charge is 0.306 e. The van der Waals surface area contributed by atoms with Crippen molar-refractivity contribution in [3.05, 3.63) is 35.9 Å². The molecule has 7 heteroatoms. The zero-order valence-electron chi connectivity index (χ0n) is 15.8. The summed E-state index contributed by atoms with van der Waals surface area (Å²) in [7, 11) is 1.32. The van der Waals surface area contributed by atoms with Gasteiger partial charge in [0.1, 0.15) is 5.60 Å². The third-order valence-electron chi connectivity index (χ3n) is 5.59. The van der Waals surface area contributed by atoms with Crippen LogP contribution in [0.2, 0.25) is 0 Å². The van der Waals surface area contributed by atoms with E-state index in [0.29, 0.717) is 32.7 Å². The first-order valence-electron chi connectivity index (χ1n) is 9.49. The molecule has 0 unspecified atom stereocenters. The van der Waals surface area contributed by atoms with Crippen LogP contribution >= 0.6 is 0 Å². The van der Waals surface area contributed by atoms with Gasteiger partial charge in [-0.25, -0.2) is 0 Å². The number of aliphatic hydroxyl groups is 1. The summed E-state index contributed by atoms with van der Waals surface area (Å²) in [6.07, 6.45) is 0.673. The zero-order chi connectivity index (χ0) is 19.3. The number of rotatable bonds is 5. The molecule has 27 heavy (non-hydrogen) atoms. The van der Waals surface area contributed by atoms with Crippen molar-refractivity contribution in [2.75, 3.05) is 46.5 Å². The molecule has 1 amide bonds. The van der Waals surface area contributed by atoms with Gasteiger partial charge in [-0.3, -0.25) is 14.5 Å². The van der Waals surface area contributed by atoms with E-state index in [2.05, 4.69) is 9.64 Å². The predicted octanol–water partition coefficient (Wildman–Crippen LogP) is 0.760. The average Bonchev–Trinajstić information content (AvgIpc) is 2.73. The van der Waals surface area contributed by atoms with Gasteiger partial charge in [-0.2, -0.15) is 0 Å². The lowest BCUT2D eigenvalue weighted by molar-refractivity contribution is -0.151. The van der Waals surface area contributed by atoms with Crippen molar-refractivity contribution < 1.29 is 24.2 Å². The predicted molar refractivity (Wildman–Crippen MR) is 99.0 cm³/mol. The van der Waals surface area contributed by atoms with Gasteiger partial charge < -0.3 is 19.5 Å². The zero-order valence-corrected chi connectivity index (χ0v) is 15.8. The van der Waals surface area contributed by atoms with E-state index < -0.39 is 5.60 Å². The number of benzene rings is 1. The Balaban J connectivity index is 1.77. The summed E-state index contributed by atoms with van der Waals surface area (Å²) in [4.78, 5) is 27.9. The Hall–Kier alpha value is -1.96. The van der Waals surface area contributed by atoms with Crippen LogP contribution < -0.4 is 0 Å². The van der Waals surface area contributed by atoms with Crippen LogP contribution in [-0.2, 0) is 24.7 Å². The lowest BCUT2D eigenvalue weighted by atomic mass is 9.79. The van der Waals surface area contributed by atoms with Crippen molar-refractivity contribution in [1.82, 2.24) is 9.80 Å². The summed E-state index contributed by atoms with van der Waals surface area (Å²) in [5.41, 5.74) is -0.138. The number of amides is 1. The number of esters is 1. The average molecular weight is 376 g/mol. The number of carbonyl (C=O) groups is 2. The Bertz CT molecular complexity index is 647. The molecule has 2 atom stereocenters. The van der Waals surface area contributed by atoms with Crippen LogP contribution in [0.3, 0.4) is 0 Å². The van der Waals surface area contributed by atoms with E-state index in [1.54, 1.807) is 4.90 Å². The maximum Gasteiger partial charge on any atom is 0.306 e. The minimum absolute atomic E-state index is 0.0752. The standard InChI is InChI=1S/C20H28N2O5/c1-26-19(24)8-7-18(23)22-10-9-20(25,16-5-3-2-4-6-16)17(15-22)21-11-13-27-14-12-21/h2-6,17,25H,7-15H2,1H3/t17-,20+/m1/s1. The maximum atomic E-state index is 12.6. The largest absolute Gasteiger partial charge is 0.469 e. The molecular weight excluding hydrogens is 348 g/mol. The molecule has 7 nitrogen and oxygen atoms in total. The highest BCUT2D eigenvalue weighted by atomic mass is 16.5. The van der Waals surface area contributed by atoms with Crippen LogP contribution in [0, 0.1) is 0 Å². The van der Waals surface area contributed by atoms with Gasteiger partial charge >= 0.3 is 5.97 Å². The molecule has 1 N–H and O–H groups in total. The fraction of sp³-hybridized carbons (Fsp3) is 0.600. The summed E-state index contributed by atoms with van der Waals surface area (Å²) in [6.45, 7) is 3.60. The molecule has 3 rings (SSSR count). The maximum absolute atomic E-state index is 12.6. The highest BCUT2D eigenvalue weighted by molar-refractivity contribution is 5.81. The molecule has 0 aromatic heterocycles. The van der Waals surface area contributed by atoms with Crippen molar-refractivity contribution >= 4 is 11.9 Å². The van der Waals surface area contributed by atoms with Gasteiger partial charge in [0, 0.05) is 32.6 Å². The molecule has 0 aliphatic carbocycles. The lowest BCUT2D eigenvalue weighted by Crippen LogP contribution is -2.63. The number of hydrogen-bond donors (Lipinski definition) is 1. The van der Waals surface area contributed by atoms with Gasteiger partial charge in [0.05, 0.1) is 32.8 Å². The van der Waals surface area contributed by atoms with E-state index in [1.807, 2.05) is 30.3 Å². The van der Waals surface area contributed by atoms with Gasteiger partial charge in [0.2, 0.25) is 5.91 Å². The third kappa shape index (κ3) is 4.48. The number of piperidine rings is 1. The molecule has 2 fully saturated rings. The molecule has 1 aromatic rings. The highest BCUT2D eigenvalue weighted by Gasteiger charge is 2.46. The Morgan fingerprint density at radius 2 is 1.89 bits per heavy atom. The van der Waals surface area contributed by atoms with Crippen LogP contribution in [0.25, 0.3) is 0 Å². The Kier molecular flexibility index (Phi) is 6.46. The summed E-state index contributed by atoms with van der Waals surface area (Å²) in [5, 5.41) is 11.6. The van der Waals surface area contributed by atoms with Crippen LogP contribution in [0.1, 0.15) is 24.8 Å². The number of likely N-dealkylation sites (tertiary alicyclic amines) is 1. The second-order valence-corrected chi connectivity index (χ2v) is 7.12. The first-order valence-corrected chi connectivity index (χ1v) is 9.49. The Morgan fingerprint density at radius 3 is 2.56 bits per heavy atom. The molecular formula is C20H28N2O5. The van der Waals surface area contributed by atoms with Gasteiger partial charge in [-0.1, -0.05) is 30.3 Å². The van der Waals surface area contributed by atoms with Crippen molar-refractivity contribution in [3.63, 3.8) is 0 Å². The highest BCUT2D eigenvalue weighted by Crippen LogP contribution is 2.36. The van der Waals surface area contributed by atoms with E-state index in [9.17, 15) is 14.7 Å². The van der Waals surface area contributed by atoms with E-state index in [0.717, 1.165) is 18.7 Å². The van der Waals surface area contributed by atoms with Crippen molar-refractivity contribution in [2.45, 2.75) is 30.9 Å². The summed E-state index contributed by atoms with van der Waals surface area (Å²) >= 11 is 0. The summed E-state index contributed by atoms with van der Waals surface area (Å²) in [6, 6.07) is 9.47. The topological polar surface area (TPSA) is 79.3 Å². The van der Waals surface area contributed by atoms with Gasteiger partial charge in [0.15, 0.2) is 0 Å². The second kappa shape index (κ2) is 8.82. The molecule has 2 aliphatic rings. The van der Waals surface area contributed by atoms with Crippen molar-refractivity contribution in [3.8, 4) is 0 Å². The minimum Gasteiger partial charge on any atom is -0.469 e. The molecule has 2 saturated heterocycles. The van der Waals surface area contributed by atoms with Crippen LogP contribution in [-0.4, -0.2) is 79.3 Å². The number of methoxy groups -OCH3 is 1. The monoisotopic (exact) mass is 376 g/mol. The normalized spacial score (nSPS) is 26.6. The van der Waals surface area contributed by atoms with Crippen LogP contribution in [0.4, 0.5) is 0 Å². The lowest BCUT2D eigenvalue weighted by Gasteiger charge is -2.50. The summed E-state index contributed by atoms with van der Waals surface area (Å²) < 4.78 is 10.1. The molecule has 2 heterocycles. The van der Waals surface area contributed by atoms with Crippen LogP contribution in [0.5, 0.6) is 0 Å². The molecule has 2 aliphatic heterocycles. The van der Waals surface area contributed by atoms with Crippen LogP contribution in [0.15, 0.2) is 30.3 Å². The molecule has 148 valence electrons. The minimum atomic E-state index is -1.02. The number of hydrogen-bond acceptors (Lipinski definition) is 6. The van der Waals surface area contributed by atoms with E-state index >= 15 is 0 Å². The third-order valence-corrected chi connectivity index (χ3v) is 5.59. The molecule has 0 spiro atoms. The fourth-order valence-electron chi connectivity index (χ4n) is 3.99. The second-order valence-electron chi connectivity index (χ2n) is 7.12. The molecule has 0 bridgehead atoms. The molecule has 1 aromatic carbocycles. The van der Waals surface area contributed by atoms with E-state index in [-0.39, 0.29) is 30.8 Å². The Labute approximate surface area is 159 Å². The quantitative estimate of drug-likeness (QED) is 0.765. The first kappa shape index (κ1) is 19.8. The summed E-state index contributed by atoms with van der Waals surface area (Å²) in [5.74, 6) is -0.459. The molecule has 0 saturated carbocycles. The van der Waals surface area contributed by atoms with Gasteiger partial charge in [-0.15, -0.1) is 0 Å². The molecule has 0 radical (unpaired) electrons. The van der Waals surface area contributed by atoms with Gasteiger partial charge in [-0.05, 0) is 12.0 Å². The number of morpholine rings is 1. The number of carbonyl (C=O) groups excluding carboxylic acids is 2. The van der Waals surface area contributed by atoms with Gasteiger partial charge in [0.25, 0.3) is 0 Å². The van der Waals surface area contributed by atoms with E-state index in [4.69, 9.17) is 4.74 Å². The Morgan fingerprint density at radius 1 is 1.19 bits per heavy atom. The van der Waals surface area contributed by atoms with Crippen molar-refractivity contribution in [2.24, 2.45) is 0 Å².